The van der Waals surface area contributed by atoms with E-state index in [0.29, 0.717) is 5.69 Å². The van der Waals surface area contributed by atoms with E-state index in [1.54, 1.807) is 7.11 Å². The molecule has 34 heavy (non-hydrogen) atoms. The number of hydrogen-bond acceptors (Lipinski definition) is 4. The summed E-state index contributed by atoms with van der Waals surface area (Å²) in [6.45, 7) is 8.21. The number of carbonyl (C=O) groups excluding carboxylic acids is 1. The van der Waals surface area contributed by atoms with Gasteiger partial charge in [0.2, 0.25) is 0 Å². The van der Waals surface area contributed by atoms with Gasteiger partial charge in [0.1, 0.15) is 17.1 Å². The van der Waals surface area contributed by atoms with Gasteiger partial charge in [0.25, 0.3) is 5.91 Å². The van der Waals surface area contributed by atoms with E-state index in [9.17, 15) is 4.79 Å². The number of amides is 1. The van der Waals surface area contributed by atoms with Crippen molar-refractivity contribution in [1.29, 1.82) is 0 Å². The fourth-order valence-corrected chi connectivity index (χ4v) is 4.82. The number of aryl methyl sites for hydroxylation is 2. The molecule has 2 aromatic carbocycles. The Labute approximate surface area is 200 Å². The standard InChI is InChI=1S/C28H30N4O2/c1-20-15-24(16-21(2)27(20)34-3)23-9-10-26-29-25(19-32(26)18-23)28(33)31-13-11-30(12-14-31)17-22-7-5-4-6-8-22/h4-10,15-16,18-19H,11-14,17H2,1-3H3. The average Bonchev–Trinajstić information content (AvgIpc) is 3.28. The first-order valence-electron chi connectivity index (χ1n) is 11.7. The molecular formula is C28H30N4O2. The number of imidazole rings is 1. The third-order valence-corrected chi connectivity index (χ3v) is 6.58. The molecule has 0 atom stereocenters. The zero-order chi connectivity index (χ0) is 23.7. The van der Waals surface area contributed by atoms with Gasteiger partial charge < -0.3 is 14.0 Å². The van der Waals surface area contributed by atoms with Crippen LogP contribution in [0.4, 0.5) is 0 Å². The Balaban J connectivity index is 1.30. The highest BCUT2D eigenvalue weighted by Gasteiger charge is 2.24. The van der Waals surface area contributed by atoms with Crippen LogP contribution in [0.3, 0.4) is 0 Å². The smallest absolute Gasteiger partial charge is 0.274 e. The minimum Gasteiger partial charge on any atom is -0.496 e. The second kappa shape index (κ2) is 9.31. The second-order valence-corrected chi connectivity index (χ2v) is 9.01. The Hall–Kier alpha value is -3.64. The Bertz CT molecular complexity index is 1300. The number of methoxy groups -OCH3 is 1. The van der Waals surface area contributed by atoms with Crippen LogP contribution in [0.2, 0.25) is 0 Å². The van der Waals surface area contributed by atoms with E-state index in [-0.39, 0.29) is 5.91 Å². The van der Waals surface area contributed by atoms with Crippen molar-refractivity contribution >= 4 is 11.6 Å². The number of pyridine rings is 1. The van der Waals surface area contributed by atoms with Gasteiger partial charge in [-0.3, -0.25) is 9.69 Å². The minimum absolute atomic E-state index is 0.000692. The molecule has 0 saturated carbocycles. The van der Waals surface area contributed by atoms with E-state index >= 15 is 0 Å². The van der Waals surface area contributed by atoms with Gasteiger partial charge in [0.05, 0.1) is 7.11 Å². The Morgan fingerprint density at radius 1 is 0.912 bits per heavy atom. The minimum atomic E-state index is 0.000692. The van der Waals surface area contributed by atoms with Crippen LogP contribution in [0.1, 0.15) is 27.2 Å². The maximum Gasteiger partial charge on any atom is 0.274 e. The van der Waals surface area contributed by atoms with Crippen LogP contribution in [0.5, 0.6) is 5.75 Å². The fourth-order valence-electron chi connectivity index (χ4n) is 4.82. The molecular weight excluding hydrogens is 424 g/mol. The second-order valence-electron chi connectivity index (χ2n) is 9.01. The third-order valence-electron chi connectivity index (χ3n) is 6.58. The van der Waals surface area contributed by atoms with Crippen molar-refractivity contribution < 1.29 is 9.53 Å². The Morgan fingerprint density at radius 3 is 2.29 bits per heavy atom. The number of rotatable bonds is 5. The first-order valence-corrected chi connectivity index (χ1v) is 11.7. The van der Waals surface area contributed by atoms with Crippen LogP contribution < -0.4 is 4.74 Å². The summed E-state index contributed by atoms with van der Waals surface area (Å²) < 4.78 is 7.45. The molecule has 0 N–H and O–H groups in total. The Kier molecular flexibility index (Phi) is 6.07. The summed E-state index contributed by atoms with van der Waals surface area (Å²) in [7, 11) is 1.70. The normalized spacial score (nSPS) is 14.5. The number of benzene rings is 2. The molecule has 1 amide bonds. The Morgan fingerprint density at radius 2 is 1.62 bits per heavy atom. The molecule has 0 aliphatic carbocycles. The zero-order valence-corrected chi connectivity index (χ0v) is 20.0. The molecule has 4 aromatic rings. The highest BCUT2D eigenvalue weighted by atomic mass is 16.5. The summed E-state index contributed by atoms with van der Waals surface area (Å²) in [5.41, 5.74) is 6.98. The number of hydrogen-bond donors (Lipinski definition) is 0. The lowest BCUT2D eigenvalue weighted by atomic mass is 10.0. The molecule has 0 bridgehead atoms. The van der Waals surface area contributed by atoms with E-state index in [1.807, 2.05) is 33.8 Å². The quantitative estimate of drug-likeness (QED) is 0.443. The summed E-state index contributed by atoms with van der Waals surface area (Å²) >= 11 is 0. The molecule has 174 valence electrons. The monoisotopic (exact) mass is 454 g/mol. The van der Waals surface area contributed by atoms with Crippen molar-refractivity contribution in [3.05, 3.63) is 89.4 Å². The topological polar surface area (TPSA) is 50.1 Å². The highest BCUT2D eigenvalue weighted by molar-refractivity contribution is 5.93. The lowest BCUT2D eigenvalue weighted by molar-refractivity contribution is 0.0623. The van der Waals surface area contributed by atoms with Gasteiger partial charge in [-0.1, -0.05) is 30.3 Å². The number of piperazine rings is 1. The van der Waals surface area contributed by atoms with Gasteiger partial charge in [-0.05, 0) is 65.9 Å². The largest absolute Gasteiger partial charge is 0.496 e. The highest BCUT2D eigenvalue weighted by Crippen LogP contribution is 2.30. The van der Waals surface area contributed by atoms with Crippen LogP contribution in [0.15, 0.2) is 67.0 Å². The van der Waals surface area contributed by atoms with Crippen molar-refractivity contribution in [3.63, 3.8) is 0 Å². The molecule has 6 heteroatoms. The third kappa shape index (κ3) is 4.41. The maximum atomic E-state index is 13.2. The molecule has 6 nitrogen and oxygen atoms in total. The summed E-state index contributed by atoms with van der Waals surface area (Å²) in [5.74, 6) is 0.921. The number of aromatic nitrogens is 2. The predicted octanol–water partition coefficient (Wildman–Crippen LogP) is 4.58. The number of carbonyl (C=O) groups is 1. The molecule has 0 radical (unpaired) electrons. The molecule has 1 saturated heterocycles. The first kappa shape index (κ1) is 22.2. The van der Waals surface area contributed by atoms with Crippen LogP contribution in [-0.4, -0.2) is 58.4 Å². The van der Waals surface area contributed by atoms with Crippen LogP contribution in [0.25, 0.3) is 16.8 Å². The predicted molar refractivity (Wildman–Crippen MR) is 134 cm³/mol. The zero-order valence-electron chi connectivity index (χ0n) is 20.0. The van der Waals surface area contributed by atoms with Crippen LogP contribution >= 0.6 is 0 Å². The van der Waals surface area contributed by atoms with Crippen molar-refractivity contribution in [1.82, 2.24) is 19.2 Å². The maximum absolute atomic E-state index is 13.2. The summed E-state index contributed by atoms with van der Waals surface area (Å²) in [6, 6.07) is 18.8. The van der Waals surface area contributed by atoms with Gasteiger partial charge in [0, 0.05) is 45.1 Å². The van der Waals surface area contributed by atoms with Crippen LogP contribution in [0, 0.1) is 13.8 Å². The van der Waals surface area contributed by atoms with Gasteiger partial charge >= 0.3 is 0 Å². The van der Waals surface area contributed by atoms with Crippen molar-refractivity contribution in [2.75, 3.05) is 33.3 Å². The van der Waals surface area contributed by atoms with E-state index in [0.717, 1.165) is 66.4 Å². The number of fused-ring (bicyclic) bond motifs is 1. The summed E-state index contributed by atoms with van der Waals surface area (Å²) in [4.78, 5) is 22.1. The fraction of sp³-hybridized carbons (Fsp3) is 0.286. The van der Waals surface area contributed by atoms with Crippen molar-refractivity contribution in [2.24, 2.45) is 0 Å². The van der Waals surface area contributed by atoms with E-state index in [2.05, 4.69) is 66.2 Å². The first-order chi connectivity index (χ1) is 16.5. The molecule has 2 aromatic heterocycles. The SMILES string of the molecule is COc1c(C)cc(-c2ccc3nc(C(=O)N4CCN(Cc5ccccc5)CC4)cn3c2)cc1C. The van der Waals surface area contributed by atoms with E-state index < -0.39 is 0 Å². The lowest BCUT2D eigenvalue weighted by Crippen LogP contribution is -2.48. The summed E-state index contributed by atoms with van der Waals surface area (Å²) in [5, 5.41) is 0. The average molecular weight is 455 g/mol. The van der Waals surface area contributed by atoms with Gasteiger partial charge in [0.15, 0.2) is 0 Å². The van der Waals surface area contributed by atoms with Crippen LogP contribution in [-0.2, 0) is 6.54 Å². The molecule has 5 rings (SSSR count). The van der Waals surface area contributed by atoms with Gasteiger partial charge in [-0.25, -0.2) is 4.98 Å². The number of ether oxygens (including phenoxy) is 1. The van der Waals surface area contributed by atoms with Crippen molar-refractivity contribution in [2.45, 2.75) is 20.4 Å². The van der Waals surface area contributed by atoms with Gasteiger partial charge in [-0.2, -0.15) is 0 Å². The molecule has 0 spiro atoms. The molecule has 1 fully saturated rings. The van der Waals surface area contributed by atoms with Crippen molar-refractivity contribution in [3.8, 4) is 16.9 Å². The molecule has 0 unspecified atom stereocenters. The summed E-state index contributed by atoms with van der Waals surface area (Å²) in [6.07, 6.45) is 3.89. The molecule has 1 aliphatic rings. The number of nitrogens with zero attached hydrogens (tertiary/aromatic N) is 4. The van der Waals surface area contributed by atoms with E-state index in [1.165, 1.54) is 5.56 Å². The molecule has 3 heterocycles. The van der Waals surface area contributed by atoms with Gasteiger partial charge in [-0.15, -0.1) is 0 Å². The lowest BCUT2D eigenvalue weighted by Gasteiger charge is -2.34. The molecule has 1 aliphatic heterocycles. The van der Waals surface area contributed by atoms with E-state index in [4.69, 9.17) is 4.74 Å².